The number of benzene rings is 1. The van der Waals surface area contributed by atoms with Crippen LogP contribution in [0.4, 0.5) is 5.82 Å². The van der Waals surface area contributed by atoms with Crippen molar-refractivity contribution in [3.63, 3.8) is 0 Å². The van der Waals surface area contributed by atoms with Crippen molar-refractivity contribution in [1.29, 1.82) is 0 Å². The van der Waals surface area contributed by atoms with Crippen LogP contribution in [0.3, 0.4) is 0 Å². The minimum absolute atomic E-state index is 0.108. The highest BCUT2D eigenvalue weighted by Gasteiger charge is 2.35. The molecular weight excluding hydrogens is 424 g/mol. The van der Waals surface area contributed by atoms with Gasteiger partial charge in [-0.1, -0.05) is 33.2 Å². The number of nitrogens with zero attached hydrogens (tertiary/aromatic N) is 3. The van der Waals surface area contributed by atoms with Gasteiger partial charge in [0.25, 0.3) is 0 Å². The van der Waals surface area contributed by atoms with Crippen LogP contribution in [0, 0.1) is 6.92 Å². The second-order valence-corrected chi connectivity index (χ2v) is 8.49. The smallest absolute Gasteiger partial charge is 0.239 e. The Bertz CT molecular complexity index is 839. The summed E-state index contributed by atoms with van der Waals surface area (Å²) in [5, 5.41) is 6.49. The maximum Gasteiger partial charge on any atom is 0.239 e. The van der Waals surface area contributed by atoms with Gasteiger partial charge in [0.2, 0.25) is 11.8 Å². The lowest BCUT2D eigenvalue weighted by atomic mass is 9.83. The molecule has 2 amide bonds. The third-order valence-corrected chi connectivity index (χ3v) is 5.55. The Labute approximate surface area is 173 Å². The van der Waals surface area contributed by atoms with Crippen LogP contribution in [0.1, 0.15) is 25.2 Å². The van der Waals surface area contributed by atoms with Gasteiger partial charge in [0.1, 0.15) is 5.76 Å². The standard InChI is InChI=1S/C20H25BrN4O3/c1-14-12-17(23-28-14)22-18(26)13-24-8-10-25(11-9-24)19(27)20(2,3)15-4-6-16(21)7-5-15/h4-7,12H,8-11,13H2,1-3H3,(H,22,23,26). The van der Waals surface area contributed by atoms with Crippen LogP contribution in [0.25, 0.3) is 0 Å². The zero-order valence-electron chi connectivity index (χ0n) is 16.4. The Morgan fingerprint density at radius 2 is 1.82 bits per heavy atom. The van der Waals surface area contributed by atoms with Gasteiger partial charge in [0.05, 0.1) is 12.0 Å². The largest absolute Gasteiger partial charge is 0.360 e. The molecular formula is C20H25BrN4O3. The summed E-state index contributed by atoms with van der Waals surface area (Å²) in [7, 11) is 0. The lowest BCUT2D eigenvalue weighted by Crippen LogP contribution is -2.54. The van der Waals surface area contributed by atoms with Crippen molar-refractivity contribution in [3.05, 3.63) is 46.1 Å². The molecule has 3 rings (SSSR count). The summed E-state index contributed by atoms with van der Waals surface area (Å²) in [4.78, 5) is 29.2. The van der Waals surface area contributed by atoms with E-state index in [1.54, 1.807) is 13.0 Å². The number of hydrogen-bond acceptors (Lipinski definition) is 5. The number of anilines is 1. The van der Waals surface area contributed by atoms with E-state index in [-0.39, 0.29) is 18.4 Å². The number of aryl methyl sites for hydroxylation is 1. The van der Waals surface area contributed by atoms with Crippen LogP contribution in [0.15, 0.2) is 39.3 Å². The van der Waals surface area contributed by atoms with Crippen LogP contribution in [-0.4, -0.2) is 59.5 Å². The minimum atomic E-state index is -0.592. The SMILES string of the molecule is Cc1cc(NC(=O)CN2CCN(C(=O)C(C)(C)c3ccc(Br)cc3)CC2)no1. The van der Waals surface area contributed by atoms with Gasteiger partial charge in [-0.25, -0.2) is 0 Å². The Hall–Kier alpha value is -2.19. The number of carbonyl (C=O) groups is 2. The summed E-state index contributed by atoms with van der Waals surface area (Å²) in [5.41, 5.74) is 0.399. The fourth-order valence-electron chi connectivity index (χ4n) is 3.31. The molecule has 1 fully saturated rings. The van der Waals surface area contributed by atoms with Crippen molar-refractivity contribution in [2.24, 2.45) is 0 Å². The fourth-order valence-corrected chi connectivity index (χ4v) is 3.57. The first-order valence-corrected chi connectivity index (χ1v) is 10.1. The van der Waals surface area contributed by atoms with E-state index in [9.17, 15) is 9.59 Å². The van der Waals surface area contributed by atoms with E-state index in [1.165, 1.54) is 0 Å². The molecule has 1 aromatic heterocycles. The van der Waals surface area contributed by atoms with Crippen molar-refractivity contribution in [2.75, 3.05) is 38.0 Å². The van der Waals surface area contributed by atoms with Gasteiger partial charge in [0, 0.05) is 36.7 Å². The van der Waals surface area contributed by atoms with E-state index in [4.69, 9.17) is 4.52 Å². The predicted octanol–water partition coefficient (Wildman–Crippen LogP) is 2.81. The van der Waals surface area contributed by atoms with Gasteiger partial charge in [-0.3, -0.25) is 14.5 Å². The van der Waals surface area contributed by atoms with Crippen LogP contribution in [-0.2, 0) is 15.0 Å². The van der Waals surface area contributed by atoms with Gasteiger partial charge in [0.15, 0.2) is 5.82 Å². The highest BCUT2D eigenvalue weighted by Crippen LogP contribution is 2.27. The molecule has 2 heterocycles. The number of carbonyl (C=O) groups excluding carboxylic acids is 2. The molecule has 0 bridgehead atoms. The molecule has 1 aliphatic heterocycles. The van der Waals surface area contributed by atoms with Gasteiger partial charge in [-0.05, 0) is 38.5 Å². The van der Waals surface area contributed by atoms with Gasteiger partial charge >= 0.3 is 0 Å². The summed E-state index contributed by atoms with van der Waals surface area (Å²) in [6.45, 7) is 8.49. The summed E-state index contributed by atoms with van der Waals surface area (Å²) < 4.78 is 5.94. The quantitative estimate of drug-likeness (QED) is 0.760. The molecule has 0 atom stereocenters. The Kier molecular flexibility index (Phi) is 6.20. The molecule has 2 aromatic rings. The number of rotatable bonds is 5. The van der Waals surface area contributed by atoms with Crippen molar-refractivity contribution in [3.8, 4) is 0 Å². The number of nitrogens with one attached hydrogen (secondary N) is 1. The van der Waals surface area contributed by atoms with Crippen LogP contribution < -0.4 is 5.32 Å². The highest BCUT2D eigenvalue weighted by molar-refractivity contribution is 9.10. The molecule has 0 spiro atoms. The van der Waals surface area contributed by atoms with Crippen molar-refractivity contribution in [2.45, 2.75) is 26.2 Å². The van der Waals surface area contributed by atoms with Crippen LogP contribution >= 0.6 is 15.9 Å². The van der Waals surface area contributed by atoms with E-state index in [1.807, 2.05) is 47.9 Å². The second kappa shape index (κ2) is 8.45. The number of aromatic nitrogens is 1. The molecule has 0 radical (unpaired) electrons. The van der Waals surface area contributed by atoms with E-state index in [0.29, 0.717) is 37.8 Å². The second-order valence-electron chi connectivity index (χ2n) is 7.57. The summed E-state index contributed by atoms with van der Waals surface area (Å²) in [6, 6.07) is 9.55. The topological polar surface area (TPSA) is 78.7 Å². The predicted molar refractivity (Wildman–Crippen MR) is 110 cm³/mol. The Morgan fingerprint density at radius 1 is 1.18 bits per heavy atom. The third-order valence-electron chi connectivity index (χ3n) is 5.02. The first-order valence-electron chi connectivity index (χ1n) is 9.26. The molecule has 1 N–H and O–H groups in total. The Morgan fingerprint density at radius 3 is 2.39 bits per heavy atom. The molecule has 0 unspecified atom stereocenters. The average Bonchev–Trinajstić information content (AvgIpc) is 3.06. The first-order chi connectivity index (χ1) is 13.3. The number of hydrogen-bond donors (Lipinski definition) is 1. The lowest BCUT2D eigenvalue weighted by molar-refractivity contribution is -0.138. The number of amides is 2. The Balaban J connectivity index is 1.52. The minimum Gasteiger partial charge on any atom is -0.360 e. The number of halogens is 1. The fraction of sp³-hybridized carbons (Fsp3) is 0.450. The molecule has 0 saturated carbocycles. The van der Waals surface area contributed by atoms with Crippen LogP contribution in [0.5, 0.6) is 0 Å². The third kappa shape index (κ3) is 4.80. The van der Waals surface area contributed by atoms with Crippen molar-refractivity contribution in [1.82, 2.24) is 15.0 Å². The van der Waals surface area contributed by atoms with E-state index in [2.05, 4.69) is 26.4 Å². The molecule has 7 nitrogen and oxygen atoms in total. The highest BCUT2D eigenvalue weighted by atomic mass is 79.9. The summed E-state index contributed by atoms with van der Waals surface area (Å²) in [6.07, 6.45) is 0. The molecule has 150 valence electrons. The normalized spacial score (nSPS) is 15.5. The molecule has 1 saturated heterocycles. The first kappa shape index (κ1) is 20.5. The zero-order valence-corrected chi connectivity index (χ0v) is 18.0. The molecule has 28 heavy (non-hydrogen) atoms. The summed E-state index contributed by atoms with van der Waals surface area (Å²) in [5.74, 6) is 1.05. The van der Waals surface area contributed by atoms with Crippen molar-refractivity contribution < 1.29 is 14.1 Å². The van der Waals surface area contributed by atoms with E-state index in [0.717, 1.165) is 10.0 Å². The van der Waals surface area contributed by atoms with Gasteiger partial charge < -0.3 is 14.7 Å². The van der Waals surface area contributed by atoms with E-state index >= 15 is 0 Å². The molecule has 8 heteroatoms. The average molecular weight is 449 g/mol. The van der Waals surface area contributed by atoms with Gasteiger partial charge in [-0.2, -0.15) is 0 Å². The van der Waals surface area contributed by atoms with E-state index < -0.39 is 5.41 Å². The maximum absolute atomic E-state index is 13.1. The number of piperazine rings is 1. The molecule has 0 aliphatic carbocycles. The zero-order chi connectivity index (χ0) is 20.3. The maximum atomic E-state index is 13.1. The molecule has 1 aromatic carbocycles. The lowest BCUT2D eigenvalue weighted by Gasteiger charge is -2.38. The van der Waals surface area contributed by atoms with Crippen molar-refractivity contribution >= 4 is 33.6 Å². The van der Waals surface area contributed by atoms with Crippen LogP contribution in [0.2, 0.25) is 0 Å². The van der Waals surface area contributed by atoms with Gasteiger partial charge in [-0.15, -0.1) is 0 Å². The summed E-state index contributed by atoms with van der Waals surface area (Å²) >= 11 is 3.43. The monoisotopic (exact) mass is 448 g/mol. The molecule has 1 aliphatic rings.